The van der Waals surface area contributed by atoms with Gasteiger partial charge in [-0.3, -0.25) is 0 Å². The van der Waals surface area contributed by atoms with Gasteiger partial charge in [0, 0.05) is 9.79 Å². The highest BCUT2D eigenvalue weighted by Gasteiger charge is 2.27. The second-order valence-electron chi connectivity index (χ2n) is 9.22. The Balaban J connectivity index is 2.82. The van der Waals surface area contributed by atoms with E-state index in [0.717, 1.165) is 11.1 Å². The first-order chi connectivity index (χ1) is 15.4. The first-order valence-corrected chi connectivity index (χ1v) is 14.6. The van der Waals surface area contributed by atoms with Gasteiger partial charge in [0.1, 0.15) is 5.08 Å². The molecule has 0 heterocycles. The number of nitrogens with zero attached hydrogens (tertiary/aromatic N) is 2. The molecule has 0 bridgehead atoms. The lowest BCUT2D eigenvalue weighted by atomic mass is 10.1. The standard InChI is InChI=1S/C25H38N2O4S2/c1-18(2)24(15-28)26-32(30,22-11-7-20(5)8-12-22)17-33(31,27-25(16-29)19(3)4)23-13-9-21(6)10-14-23/h7-14,18-19,24-25,28-29H,15-17H2,1-6H3/t24-,25-,32?,33?/m1/s1. The summed E-state index contributed by atoms with van der Waals surface area (Å²) < 4.78 is 38.2. The van der Waals surface area contributed by atoms with Crippen LogP contribution in [0.1, 0.15) is 38.8 Å². The van der Waals surface area contributed by atoms with Crippen molar-refractivity contribution in [2.75, 3.05) is 18.3 Å². The smallest absolute Gasteiger partial charge is 0.124 e. The molecule has 2 aromatic carbocycles. The van der Waals surface area contributed by atoms with E-state index in [1.165, 1.54) is 0 Å². The Morgan fingerprint density at radius 3 is 1.21 bits per heavy atom. The average Bonchev–Trinajstić information content (AvgIpc) is 2.76. The zero-order valence-corrected chi connectivity index (χ0v) is 22.1. The van der Waals surface area contributed by atoms with Crippen LogP contribution in [0.15, 0.2) is 67.0 Å². The van der Waals surface area contributed by atoms with Gasteiger partial charge in [-0.2, -0.15) is 0 Å². The highest BCUT2D eigenvalue weighted by atomic mass is 32.3. The largest absolute Gasteiger partial charge is 0.394 e. The van der Waals surface area contributed by atoms with Crippen LogP contribution in [0.5, 0.6) is 0 Å². The summed E-state index contributed by atoms with van der Waals surface area (Å²) in [5.41, 5.74) is 2.01. The van der Waals surface area contributed by atoms with Crippen LogP contribution in [0.3, 0.4) is 0 Å². The molecular formula is C25H38N2O4S2. The molecule has 8 heteroatoms. The van der Waals surface area contributed by atoms with E-state index >= 15 is 0 Å². The van der Waals surface area contributed by atoms with E-state index in [9.17, 15) is 18.6 Å². The summed E-state index contributed by atoms with van der Waals surface area (Å²) in [5, 5.41) is 19.5. The van der Waals surface area contributed by atoms with Gasteiger partial charge in [0.05, 0.1) is 44.8 Å². The highest BCUT2D eigenvalue weighted by Crippen LogP contribution is 2.27. The second-order valence-corrected chi connectivity index (χ2v) is 14.1. The van der Waals surface area contributed by atoms with Gasteiger partial charge in [-0.15, -0.1) is 0 Å². The summed E-state index contributed by atoms with van der Waals surface area (Å²) >= 11 is 0. The molecule has 0 spiro atoms. The second kappa shape index (κ2) is 11.6. The number of rotatable bonds is 10. The number of aliphatic hydroxyl groups is 2. The molecular weight excluding hydrogens is 456 g/mol. The fourth-order valence-corrected chi connectivity index (χ4v) is 9.38. The summed E-state index contributed by atoms with van der Waals surface area (Å²) in [7, 11) is -6.44. The molecule has 0 fully saturated rings. The van der Waals surface area contributed by atoms with Crippen molar-refractivity contribution in [1.29, 1.82) is 0 Å². The van der Waals surface area contributed by atoms with Gasteiger partial charge >= 0.3 is 0 Å². The van der Waals surface area contributed by atoms with Crippen molar-refractivity contribution in [1.82, 2.24) is 0 Å². The molecule has 0 saturated heterocycles. The molecule has 184 valence electrons. The average molecular weight is 495 g/mol. The Kier molecular flexibility index (Phi) is 9.67. The molecule has 0 radical (unpaired) electrons. The van der Waals surface area contributed by atoms with Crippen molar-refractivity contribution in [3.8, 4) is 0 Å². The maximum atomic E-state index is 14.5. The Morgan fingerprint density at radius 1 is 0.667 bits per heavy atom. The van der Waals surface area contributed by atoms with Crippen LogP contribution in [-0.4, -0.2) is 49.0 Å². The highest BCUT2D eigenvalue weighted by molar-refractivity contribution is 8.10. The molecule has 0 aliphatic carbocycles. The molecule has 0 aliphatic rings. The van der Waals surface area contributed by atoms with Gasteiger partial charge in [0.15, 0.2) is 0 Å². The van der Waals surface area contributed by atoms with Gasteiger partial charge in [-0.25, -0.2) is 17.1 Å². The molecule has 6 nitrogen and oxygen atoms in total. The molecule has 0 amide bonds. The molecule has 2 unspecified atom stereocenters. The van der Waals surface area contributed by atoms with E-state index in [1.54, 1.807) is 24.3 Å². The summed E-state index contributed by atoms with van der Waals surface area (Å²) in [5.74, 6) is -0.0935. The minimum absolute atomic E-state index is 0.0468. The molecule has 2 aromatic rings. The third kappa shape index (κ3) is 7.12. The van der Waals surface area contributed by atoms with Crippen molar-refractivity contribution in [2.45, 2.75) is 63.4 Å². The third-order valence-electron chi connectivity index (χ3n) is 5.62. The van der Waals surface area contributed by atoms with E-state index in [-0.39, 0.29) is 30.1 Å². The lowest BCUT2D eigenvalue weighted by Crippen LogP contribution is -2.26. The van der Waals surface area contributed by atoms with E-state index in [2.05, 4.69) is 8.73 Å². The number of aryl methyl sites for hydroxylation is 2. The number of benzene rings is 2. The summed E-state index contributed by atoms with van der Waals surface area (Å²) in [4.78, 5) is 0.930. The fraction of sp³-hybridized carbons (Fsp3) is 0.520. The van der Waals surface area contributed by atoms with E-state index in [0.29, 0.717) is 9.79 Å². The lowest BCUT2D eigenvalue weighted by Gasteiger charge is -2.22. The van der Waals surface area contributed by atoms with Crippen LogP contribution in [-0.2, 0) is 19.5 Å². The number of hydrogen-bond acceptors (Lipinski definition) is 6. The van der Waals surface area contributed by atoms with Crippen molar-refractivity contribution in [3.05, 3.63) is 59.7 Å². The minimum atomic E-state index is -3.22. The van der Waals surface area contributed by atoms with Gasteiger partial charge in [-0.05, 0) is 49.9 Å². The number of aliphatic hydroxyl groups excluding tert-OH is 2. The Morgan fingerprint density at radius 2 is 0.970 bits per heavy atom. The first kappa shape index (κ1) is 27.5. The van der Waals surface area contributed by atoms with Gasteiger partial charge in [0.2, 0.25) is 0 Å². The summed E-state index contributed by atoms with van der Waals surface area (Å²) in [6, 6.07) is 13.2. The Bertz CT molecular complexity index is 1050. The molecule has 2 rings (SSSR count). The Labute approximate surface area is 199 Å². The first-order valence-electron chi connectivity index (χ1n) is 11.3. The predicted octanol–water partition coefficient (Wildman–Crippen LogP) is 4.65. The maximum Gasteiger partial charge on any atom is 0.124 e. The van der Waals surface area contributed by atoms with Gasteiger partial charge in [0.25, 0.3) is 0 Å². The zero-order valence-electron chi connectivity index (χ0n) is 20.5. The Hall–Kier alpha value is -1.74. The van der Waals surface area contributed by atoms with Crippen LogP contribution < -0.4 is 0 Å². The SMILES string of the molecule is Cc1ccc(S(=O)(CS(=O)(=N[C@H](CO)C(C)C)c2ccc(C)cc2)=N[C@H](CO)C(C)C)cc1. The van der Waals surface area contributed by atoms with Gasteiger partial charge < -0.3 is 10.2 Å². The van der Waals surface area contributed by atoms with Crippen molar-refractivity contribution < 1.29 is 18.6 Å². The minimum Gasteiger partial charge on any atom is -0.394 e. The van der Waals surface area contributed by atoms with Crippen molar-refractivity contribution >= 4 is 19.5 Å². The van der Waals surface area contributed by atoms with Crippen LogP contribution in [0.2, 0.25) is 0 Å². The summed E-state index contributed by atoms with van der Waals surface area (Å²) in [6.45, 7) is 11.0. The van der Waals surface area contributed by atoms with Gasteiger partial charge in [-0.1, -0.05) is 63.1 Å². The van der Waals surface area contributed by atoms with Crippen LogP contribution in [0.25, 0.3) is 0 Å². The quantitative estimate of drug-likeness (QED) is 0.502. The van der Waals surface area contributed by atoms with E-state index < -0.39 is 31.5 Å². The fourth-order valence-electron chi connectivity index (χ4n) is 3.21. The monoisotopic (exact) mass is 494 g/mol. The maximum absolute atomic E-state index is 14.5. The lowest BCUT2D eigenvalue weighted by molar-refractivity contribution is 0.241. The summed E-state index contributed by atoms with van der Waals surface area (Å²) in [6.07, 6.45) is 0. The zero-order chi connectivity index (χ0) is 24.8. The molecule has 2 N–H and O–H groups in total. The van der Waals surface area contributed by atoms with Crippen LogP contribution in [0.4, 0.5) is 0 Å². The third-order valence-corrected chi connectivity index (χ3v) is 11.4. The molecule has 0 saturated carbocycles. The van der Waals surface area contributed by atoms with Crippen molar-refractivity contribution in [3.63, 3.8) is 0 Å². The predicted molar refractivity (Wildman–Crippen MR) is 136 cm³/mol. The van der Waals surface area contributed by atoms with Crippen LogP contribution >= 0.6 is 0 Å². The molecule has 0 aromatic heterocycles. The molecule has 33 heavy (non-hydrogen) atoms. The normalized spacial score (nSPS) is 17.3. The van der Waals surface area contributed by atoms with Crippen molar-refractivity contribution in [2.24, 2.45) is 20.6 Å². The van der Waals surface area contributed by atoms with E-state index in [1.807, 2.05) is 65.8 Å². The van der Waals surface area contributed by atoms with E-state index in [4.69, 9.17) is 0 Å². The molecule has 0 aliphatic heterocycles. The topological polar surface area (TPSA) is 99.3 Å². The molecule has 4 atom stereocenters. The van der Waals surface area contributed by atoms with Crippen LogP contribution in [0, 0.1) is 25.7 Å². The number of hydrogen-bond donors (Lipinski definition) is 2.